The highest BCUT2D eigenvalue weighted by molar-refractivity contribution is 5.26. The Morgan fingerprint density at radius 3 is 2.92 bits per heavy atom. The highest BCUT2D eigenvalue weighted by atomic mass is 16.3. The van der Waals surface area contributed by atoms with Crippen LogP contribution in [0.4, 0.5) is 0 Å². The van der Waals surface area contributed by atoms with Crippen LogP contribution in [-0.4, -0.2) is 0 Å². The van der Waals surface area contributed by atoms with E-state index in [2.05, 4.69) is 37.5 Å². The Bertz CT molecular complexity index is 374. The van der Waals surface area contributed by atoms with Crippen LogP contribution in [0.2, 0.25) is 0 Å². The predicted octanol–water partition coefficient (Wildman–Crippen LogP) is 2.98. The standard InChI is InChI=1S/C12H11O/c1-10-3-2-4-11(7-10)8-12-5-6-13-9-12/h2-5,7,9H,8H2,1H3. The van der Waals surface area contributed by atoms with Crippen LogP contribution in [0.3, 0.4) is 0 Å². The summed E-state index contributed by atoms with van der Waals surface area (Å²) in [7, 11) is 0. The highest BCUT2D eigenvalue weighted by Gasteiger charge is 1.97. The Labute approximate surface area is 78.0 Å². The largest absolute Gasteiger partial charge is 0.461 e. The Morgan fingerprint density at radius 2 is 2.23 bits per heavy atom. The lowest BCUT2D eigenvalue weighted by Crippen LogP contribution is -1.85. The summed E-state index contributed by atoms with van der Waals surface area (Å²) in [5, 5.41) is 0. The number of benzene rings is 1. The van der Waals surface area contributed by atoms with Crippen LogP contribution >= 0.6 is 0 Å². The van der Waals surface area contributed by atoms with Crippen molar-refractivity contribution >= 4 is 0 Å². The molecule has 0 amide bonds. The minimum absolute atomic E-state index is 0.925. The van der Waals surface area contributed by atoms with E-state index in [1.54, 1.807) is 6.26 Å². The molecule has 0 saturated carbocycles. The number of hydrogen-bond donors (Lipinski definition) is 0. The maximum atomic E-state index is 4.89. The lowest BCUT2D eigenvalue weighted by Gasteiger charge is -1.99. The van der Waals surface area contributed by atoms with Crippen LogP contribution in [0.15, 0.2) is 41.0 Å². The van der Waals surface area contributed by atoms with Crippen LogP contribution in [0.5, 0.6) is 0 Å². The summed E-state index contributed by atoms with van der Waals surface area (Å²) >= 11 is 0. The SMILES string of the molecule is Cc1cccc(Cc2c[c]oc2)c1. The first kappa shape index (κ1) is 8.11. The van der Waals surface area contributed by atoms with Gasteiger partial charge in [0.2, 0.25) is 0 Å². The van der Waals surface area contributed by atoms with Crippen LogP contribution < -0.4 is 0 Å². The van der Waals surface area contributed by atoms with Gasteiger partial charge in [-0.25, -0.2) is 0 Å². The van der Waals surface area contributed by atoms with E-state index >= 15 is 0 Å². The smallest absolute Gasteiger partial charge is 0.169 e. The van der Waals surface area contributed by atoms with Crippen molar-refractivity contribution in [2.45, 2.75) is 13.3 Å². The molecule has 1 radical (unpaired) electrons. The average Bonchev–Trinajstić information content (AvgIpc) is 2.57. The van der Waals surface area contributed by atoms with Crippen molar-refractivity contribution in [2.24, 2.45) is 0 Å². The molecule has 1 nitrogen and oxygen atoms in total. The molecule has 1 heterocycles. The molecule has 2 rings (SSSR count). The van der Waals surface area contributed by atoms with Gasteiger partial charge in [-0.15, -0.1) is 0 Å². The molecule has 0 aliphatic heterocycles. The number of aryl methyl sites for hydroxylation is 1. The van der Waals surface area contributed by atoms with E-state index in [0.29, 0.717) is 0 Å². The molecule has 0 aliphatic carbocycles. The van der Waals surface area contributed by atoms with E-state index in [0.717, 1.165) is 6.42 Å². The molecule has 13 heavy (non-hydrogen) atoms. The molecule has 0 saturated heterocycles. The van der Waals surface area contributed by atoms with Crippen molar-refractivity contribution in [3.63, 3.8) is 0 Å². The zero-order valence-electron chi connectivity index (χ0n) is 7.58. The van der Waals surface area contributed by atoms with Crippen molar-refractivity contribution in [3.8, 4) is 0 Å². The average molecular weight is 171 g/mol. The molecule has 0 N–H and O–H groups in total. The lowest BCUT2D eigenvalue weighted by atomic mass is 10.1. The van der Waals surface area contributed by atoms with Gasteiger partial charge in [-0.3, -0.25) is 0 Å². The quantitative estimate of drug-likeness (QED) is 0.677. The molecule has 0 unspecified atom stereocenters. The molecule has 2 aromatic rings. The van der Waals surface area contributed by atoms with Crippen molar-refractivity contribution in [1.29, 1.82) is 0 Å². The van der Waals surface area contributed by atoms with Crippen molar-refractivity contribution in [3.05, 3.63) is 59.5 Å². The summed E-state index contributed by atoms with van der Waals surface area (Å²) in [6, 6.07) is 10.4. The zero-order chi connectivity index (χ0) is 9.10. The van der Waals surface area contributed by atoms with Gasteiger partial charge < -0.3 is 4.42 Å². The van der Waals surface area contributed by atoms with E-state index in [1.807, 2.05) is 6.07 Å². The molecule has 0 spiro atoms. The Hall–Kier alpha value is -1.50. The van der Waals surface area contributed by atoms with Crippen LogP contribution in [0.1, 0.15) is 16.7 Å². The number of rotatable bonds is 2. The minimum atomic E-state index is 0.925. The van der Waals surface area contributed by atoms with Crippen molar-refractivity contribution in [2.75, 3.05) is 0 Å². The third kappa shape index (κ3) is 2.00. The van der Waals surface area contributed by atoms with Crippen molar-refractivity contribution in [1.82, 2.24) is 0 Å². The molecule has 1 heteroatoms. The van der Waals surface area contributed by atoms with Crippen molar-refractivity contribution < 1.29 is 4.42 Å². The summed E-state index contributed by atoms with van der Waals surface area (Å²) in [5.41, 5.74) is 3.78. The monoisotopic (exact) mass is 171 g/mol. The molecule has 1 aromatic heterocycles. The van der Waals surface area contributed by atoms with Gasteiger partial charge in [0.15, 0.2) is 6.26 Å². The van der Waals surface area contributed by atoms with E-state index in [4.69, 9.17) is 4.42 Å². The van der Waals surface area contributed by atoms with Gasteiger partial charge in [-0.05, 0) is 24.1 Å². The lowest BCUT2D eigenvalue weighted by molar-refractivity contribution is 0.556. The third-order valence-electron chi connectivity index (χ3n) is 2.01. The number of furan rings is 1. The first-order valence-corrected chi connectivity index (χ1v) is 4.33. The second-order valence-corrected chi connectivity index (χ2v) is 3.24. The molecule has 0 aliphatic rings. The van der Waals surface area contributed by atoms with Gasteiger partial charge in [0.25, 0.3) is 0 Å². The normalized spacial score (nSPS) is 10.2. The van der Waals surface area contributed by atoms with E-state index in [-0.39, 0.29) is 0 Å². The fourth-order valence-corrected chi connectivity index (χ4v) is 1.40. The number of hydrogen-bond acceptors (Lipinski definition) is 1. The fourth-order valence-electron chi connectivity index (χ4n) is 1.40. The van der Waals surface area contributed by atoms with Gasteiger partial charge in [0.1, 0.15) is 0 Å². The highest BCUT2D eigenvalue weighted by Crippen LogP contribution is 2.10. The van der Waals surface area contributed by atoms with Crippen LogP contribution in [0.25, 0.3) is 0 Å². The summed E-state index contributed by atoms with van der Waals surface area (Å²) < 4.78 is 4.89. The Kier molecular flexibility index (Phi) is 2.17. The Morgan fingerprint density at radius 1 is 1.31 bits per heavy atom. The molecule has 1 aromatic carbocycles. The van der Waals surface area contributed by atoms with E-state index in [9.17, 15) is 0 Å². The summed E-state index contributed by atoms with van der Waals surface area (Å²) in [6.45, 7) is 2.10. The third-order valence-corrected chi connectivity index (χ3v) is 2.01. The van der Waals surface area contributed by atoms with Gasteiger partial charge in [0, 0.05) is 6.42 Å². The molecule has 0 atom stereocenters. The molecule has 0 bridgehead atoms. The minimum Gasteiger partial charge on any atom is -0.461 e. The predicted molar refractivity (Wildman–Crippen MR) is 51.5 cm³/mol. The van der Waals surface area contributed by atoms with E-state index in [1.165, 1.54) is 16.7 Å². The topological polar surface area (TPSA) is 13.1 Å². The van der Waals surface area contributed by atoms with Gasteiger partial charge in [-0.1, -0.05) is 29.8 Å². The van der Waals surface area contributed by atoms with Crippen LogP contribution in [-0.2, 0) is 6.42 Å². The van der Waals surface area contributed by atoms with Crippen LogP contribution in [0, 0.1) is 13.2 Å². The zero-order valence-corrected chi connectivity index (χ0v) is 7.58. The first-order chi connectivity index (χ1) is 6.34. The van der Waals surface area contributed by atoms with E-state index < -0.39 is 0 Å². The molecular formula is C12H11O. The maximum absolute atomic E-state index is 4.89. The second-order valence-electron chi connectivity index (χ2n) is 3.24. The molecule has 65 valence electrons. The van der Waals surface area contributed by atoms with Gasteiger partial charge in [-0.2, -0.15) is 0 Å². The first-order valence-electron chi connectivity index (χ1n) is 4.33. The summed E-state index contributed by atoms with van der Waals surface area (Å²) in [5.74, 6) is 0. The summed E-state index contributed by atoms with van der Waals surface area (Å²) in [4.78, 5) is 0. The summed E-state index contributed by atoms with van der Waals surface area (Å²) in [6.07, 6.45) is 5.35. The Balaban J connectivity index is 2.19. The van der Waals surface area contributed by atoms with Gasteiger partial charge in [0.05, 0.1) is 6.26 Å². The molecule has 0 fully saturated rings. The fraction of sp³-hybridized carbons (Fsp3) is 0.167. The van der Waals surface area contributed by atoms with Gasteiger partial charge >= 0.3 is 0 Å². The molecular weight excluding hydrogens is 160 g/mol. The second kappa shape index (κ2) is 3.48. The maximum Gasteiger partial charge on any atom is 0.169 e.